The molecule has 4 fully saturated rings. The van der Waals surface area contributed by atoms with Crippen LogP contribution in [-0.4, -0.2) is 104 Å². The molecule has 1 aliphatic carbocycles. The Bertz CT molecular complexity index is 2470. The number of alkyl halides is 1. The number of fused-ring (bicyclic) bond motifs is 4. The molecule has 5 heterocycles. The zero-order valence-electron chi connectivity index (χ0n) is 38.3. The Morgan fingerprint density at radius 1 is 1.03 bits per heavy atom. The van der Waals surface area contributed by atoms with Crippen molar-refractivity contribution in [3.05, 3.63) is 47.7 Å². The standard InChI is InChI=1S/C48H61F3N6O5Si/c1-28(2)63(29(3)4,30(5)6)17-14-35-38(50)13-12-31-18-34(61-27-59-10)19-36(39(31)35)41-40(51)42-37(22-52-41)43(56-23-32-20-48(32,25-56)55-45(58)62-46(7,8)9)54-44(53-42)60-26-47-15-11-16-57(47)24-33(49)21-47/h12-13,18-19,22,28-30,32-33H,11,15-16,20-21,23-27H2,1-10H3,(H,55,58)/t32-,33+,47-,48-/m0/s1. The number of pyridine rings is 1. The normalized spacial score (nSPS) is 23.4. The molecular weight excluding hydrogens is 826 g/mol. The van der Waals surface area contributed by atoms with Crippen LogP contribution in [0.1, 0.15) is 93.6 Å². The first-order valence-electron chi connectivity index (χ1n) is 22.4. The molecule has 3 saturated heterocycles. The maximum Gasteiger partial charge on any atom is 0.408 e. The highest BCUT2D eigenvalue weighted by atomic mass is 28.3. The summed E-state index contributed by atoms with van der Waals surface area (Å²) in [4.78, 5) is 31.5. The molecule has 1 amide bonds. The van der Waals surface area contributed by atoms with Crippen molar-refractivity contribution in [1.29, 1.82) is 0 Å². The van der Waals surface area contributed by atoms with E-state index >= 15 is 8.78 Å². The largest absolute Gasteiger partial charge is 0.468 e. The predicted molar refractivity (Wildman–Crippen MR) is 242 cm³/mol. The van der Waals surface area contributed by atoms with Gasteiger partial charge in [-0.15, -0.1) is 5.54 Å². The van der Waals surface area contributed by atoms with Crippen molar-refractivity contribution in [3.8, 4) is 34.5 Å². The van der Waals surface area contributed by atoms with Gasteiger partial charge < -0.3 is 29.2 Å². The van der Waals surface area contributed by atoms with E-state index < -0.39 is 48.7 Å². The van der Waals surface area contributed by atoms with Crippen LogP contribution in [0.5, 0.6) is 11.8 Å². The molecule has 4 aliphatic rings. The Morgan fingerprint density at radius 3 is 2.48 bits per heavy atom. The van der Waals surface area contributed by atoms with Gasteiger partial charge in [0.05, 0.1) is 22.0 Å². The number of benzene rings is 2. The number of carbonyl (C=O) groups excluding carboxylic acids is 1. The number of piperidine rings is 1. The Labute approximate surface area is 369 Å². The number of carbonyl (C=O) groups is 1. The molecule has 0 bridgehead atoms. The van der Waals surface area contributed by atoms with Gasteiger partial charge in [-0.3, -0.25) is 9.88 Å². The Morgan fingerprint density at radius 2 is 1.78 bits per heavy atom. The van der Waals surface area contributed by atoms with Gasteiger partial charge in [-0.25, -0.2) is 18.0 Å². The molecule has 63 heavy (non-hydrogen) atoms. The number of halogens is 3. The number of hydrogen-bond donors (Lipinski definition) is 1. The average Bonchev–Trinajstić information content (AvgIpc) is 3.42. The number of nitrogens with zero attached hydrogens (tertiary/aromatic N) is 5. The minimum Gasteiger partial charge on any atom is -0.468 e. The van der Waals surface area contributed by atoms with Crippen molar-refractivity contribution in [3.63, 3.8) is 0 Å². The van der Waals surface area contributed by atoms with Crippen molar-refractivity contribution in [2.45, 2.75) is 127 Å². The van der Waals surface area contributed by atoms with E-state index in [1.54, 1.807) is 24.4 Å². The molecule has 0 unspecified atom stereocenters. The second-order valence-electron chi connectivity index (χ2n) is 20.1. The van der Waals surface area contributed by atoms with Crippen molar-refractivity contribution < 1.29 is 36.9 Å². The van der Waals surface area contributed by atoms with E-state index in [4.69, 9.17) is 33.9 Å². The van der Waals surface area contributed by atoms with E-state index in [2.05, 4.69) is 63.2 Å². The van der Waals surface area contributed by atoms with E-state index in [0.717, 1.165) is 25.8 Å². The summed E-state index contributed by atoms with van der Waals surface area (Å²) in [6.45, 7) is 20.8. The minimum absolute atomic E-state index is 0.0449. The fourth-order valence-corrected chi connectivity index (χ4v) is 16.3. The van der Waals surface area contributed by atoms with Gasteiger partial charge in [-0.05, 0) is 86.8 Å². The van der Waals surface area contributed by atoms with Gasteiger partial charge in [-0.2, -0.15) is 9.97 Å². The first-order chi connectivity index (χ1) is 29.8. The van der Waals surface area contributed by atoms with Crippen LogP contribution in [0.15, 0.2) is 30.5 Å². The number of nitrogens with one attached hydrogen (secondary N) is 1. The van der Waals surface area contributed by atoms with Crippen molar-refractivity contribution in [2.24, 2.45) is 5.92 Å². The first kappa shape index (κ1) is 44.9. The lowest BCUT2D eigenvalue weighted by molar-refractivity contribution is 0.0497. The molecule has 0 spiro atoms. The molecule has 2 aromatic heterocycles. The molecule has 4 aromatic rings. The number of aromatic nitrogens is 3. The number of ether oxygens (including phenoxy) is 4. The van der Waals surface area contributed by atoms with Gasteiger partial charge in [0, 0.05) is 56.2 Å². The third kappa shape index (κ3) is 8.32. The van der Waals surface area contributed by atoms with Gasteiger partial charge in [0.15, 0.2) is 12.6 Å². The average molecular weight is 887 g/mol. The van der Waals surface area contributed by atoms with Gasteiger partial charge in [0.25, 0.3) is 0 Å². The highest BCUT2D eigenvalue weighted by Crippen LogP contribution is 2.52. The van der Waals surface area contributed by atoms with Crippen molar-refractivity contribution in [2.75, 3.05) is 51.6 Å². The number of hydrogen-bond acceptors (Lipinski definition) is 10. The van der Waals surface area contributed by atoms with Crippen LogP contribution in [0, 0.1) is 29.0 Å². The fourth-order valence-electron chi connectivity index (χ4n) is 11.0. The number of methoxy groups -OCH3 is 1. The number of anilines is 1. The van der Waals surface area contributed by atoms with Crippen molar-refractivity contribution in [1.82, 2.24) is 25.2 Å². The molecule has 0 radical (unpaired) electrons. The molecule has 8 rings (SSSR count). The van der Waals surface area contributed by atoms with Gasteiger partial charge in [0.1, 0.15) is 55.0 Å². The summed E-state index contributed by atoms with van der Waals surface area (Å²) in [5.74, 6) is 2.93. The summed E-state index contributed by atoms with van der Waals surface area (Å²) >= 11 is 0. The van der Waals surface area contributed by atoms with Crippen molar-refractivity contribution >= 4 is 41.7 Å². The SMILES string of the molecule is COCOc1cc(-c2ncc3c(N4C[C@@H]5C[C@]5(NC(=O)OC(C)(C)C)C4)nc(OC[C@@]45CCCN4C[C@H](F)C5)nc3c2F)c2c(C#C[Si](C(C)C)(C(C)C)C(C)C)c(F)ccc2c1. The minimum atomic E-state index is -2.32. The zero-order valence-corrected chi connectivity index (χ0v) is 39.3. The fraction of sp³-hybridized carbons (Fsp3) is 0.583. The van der Waals surface area contributed by atoms with Gasteiger partial charge in [-0.1, -0.05) is 53.5 Å². The number of rotatable bonds is 12. The molecule has 4 atom stereocenters. The topological polar surface area (TPSA) is 111 Å². The summed E-state index contributed by atoms with van der Waals surface area (Å²) in [7, 11) is -0.818. The maximum atomic E-state index is 17.8. The van der Waals surface area contributed by atoms with E-state index in [0.29, 0.717) is 70.4 Å². The monoisotopic (exact) mass is 886 g/mol. The van der Waals surface area contributed by atoms with Crippen LogP contribution in [0.4, 0.5) is 23.8 Å². The van der Waals surface area contributed by atoms with E-state index in [1.165, 1.54) is 13.2 Å². The Kier molecular flexibility index (Phi) is 11.9. The van der Waals surface area contributed by atoms with Crippen LogP contribution in [-0.2, 0) is 9.47 Å². The highest BCUT2D eigenvalue weighted by molar-refractivity contribution is 6.90. The van der Waals surface area contributed by atoms with Gasteiger partial charge in [0.2, 0.25) is 0 Å². The molecule has 2 aromatic carbocycles. The first-order valence-corrected chi connectivity index (χ1v) is 24.6. The second kappa shape index (κ2) is 16.7. The second-order valence-corrected chi connectivity index (χ2v) is 25.7. The van der Waals surface area contributed by atoms with Crippen LogP contribution in [0.25, 0.3) is 32.9 Å². The highest BCUT2D eigenvalue weighted by Gasteiger charge is 2.62. The summed E-state index contributed by atoms with van der Waals surface area (Å²) in [6, 6.07) is 6.38. The Hall–Kier alpha value is -4.65. The van der Waals surface area contributed by atoms with Crippen LogP contribution in [0.3, 0.4) is 0 Å². The molecule has 11 nitrogen and oxygen atoms in total. The predicted octanol–water partition coefficient (Wildman–Crippen LogP) is 9.73. The lowest BCUT2D eigenvalue weighted by Crippen LogP contribution is -2.45. The number of alkyl carbamates (subject to hydrolysis) is 1. The number of amides is 1. The molecular formula is C48H61F3N6O5Si. The lowest BCUT2D eigenvalue weighted by atomic mass is 9.95. The zero-order chi connectivity index (χ0) is 45.2. The van der Waals surface area contributed by atoms with Crippen LogP contribution >= 0.6 is 0 Å². The molecule has 338 valence electrons. The maximum absolute atomic E-state index is 17.8. The molecule has 1 N–H and O–H groups in total. The Balaban J connectivity index is 1.28. The summed E-state index contributed by atoms with van der Waals surface area (Å²) in [6.07, 6.45) is 2.88. The lowest BCUT2D eigenvalue weighted by Gasteiger charge is -2.38. The smallest absolute Gasteiger partial charge is 0.408 e. The molecule has 3 aliphatic heterocycles. The van der Waals surface area contributed by atoms with Crippen LogP contribution < -0.4 is 19.7 Å². The van der Waals surface area contributed by atoms with E-state index in [-0.39, 0.29) is 47.7 Å². The molecule has 15 heteroatoms. The third-order valence-electron chi connectivity index (χ3n) is 14.0. The third-order valence-corrected chi connectivity index (χ3v) is 20.3. The van der Waals surface area contributed by atoms with E-state index in [9.17, 15) is 9.18 Å². The van der Waals surface area contributed by atoms with E-state index in [1.807, 2.05) is 25.7 Å². The molecule has 1 saturated carbocycles. The summed E-state index contributed by atoms with van der Waals surface area (Å²) in [5, 5.41) is 4.43. The summed E-state index contributed by atoms with van der Waals surface area (Å²) in [5.41, 5.74) is 3.17. The quantitative estimate of drug-likeness (QED) is 0.0839. The van der Waals surface area contributed by atoms with Crippen LogP contribution in [0.2, 0.25) is 16.6 Å². The summed E-state index contributed by atoms with van der Waals surface area (Å²) < 4.78 is 72.1. The van der Waals surface area contributed by atoms with Gasteiger partial charge >= 0.3 is 12.1 Å².